The van der Waals surface area contributed by atoms with E-state index in [1.54, 1.807) is 4.90 Å². The molecule has 0 spiro atoms. The third-order valence-electron chi connectivity index (χ3n) is 4.03. The van der Waals surface area contributed by atoms with Crippen LogP contribution in [0.3, 0.4) is 0 Å². The molecule has 1 saturated heterocycles. The summed E-state index contributed by atoms with van der Waals surface area (Å²) in [6, 6.07) is 3.17. The van der Waals surface area contributed by atoms with Crippen molar-refractivity contribution in [3.8, 4) is 0 Å². The lowest BCUT2D eigenvalue weighted by Crippen LogP contribution is -2.50. The molecule has 0 aromatic heterocycles. The van der Waals surface area contributed by atoms with E-state index in [0.29, 0.717) is 32.7 Å². The number of rotatable bonds is 3. The lowest BCUT2D eigenvalue weighted by atomic mass is 9.90. The third-order valence-corrected chi connectivity index (χ3v) is 4.03. The van der Waals surface area contributed by atoms with E-state index in [1.165, 1.54) is 6.07 Å². The molecule has 0 unspecified atom stereocenters. The smallest absolute Gasteiger partial charge is 0.254 e. The molecule has 1 fully saturated rings. The molecule has 1 aliphatic rings. The van der Waals surface area contributed by atoms with Crippen LogP contribution in [-0.2, 0) is 4.79 Å². The number of halogens is 2. The second-order valence-electron chi connectivity index (χ2n) is 6.87. The van der Waals surface area contributed by atoms with E-state index in [2.05, 4.69) is 0 Å². The Morgan fingerprint density at radius 1 is 1.04 bits per heavy atom. The van der Waals surface area contributed by atoms with Crippen LogP contribution >= 0.6 is 0 Å². The Kier molecular flexibility index (Phi) is 5.14. The fourth-order valence-electron chi connectivity index (χ4n) is 2.36. The van der Waals surface area contributed by atoms with Crippen LogP contribution in [0.15, 0.2) is 18.2 Å². The minimum absolute atomic E-state index is 0.142. The highest BCUT2D eigenvalue weighted by molar-refractivity contribution is 5.94. The number of carbonyl (C=O) groups is 2. The lowest BCUT2D eigenvalue weighted by molar-refractivity contribution is -0.127. The number of Topliss-reactive ketones (excluding diaryl/α,β-unsaturated/α-hetero) is 1. The fourth-order valence-corrected chi connectivity index (χ4v) is 2.36. The summed E-state index contributed by atoms with van der Waals surface area (Å²) in [4.78, 5) is 28.0. The maximum absolute atomic E-state index is 13.2. The zero-order chi connectivity index (χ0) is 17.2. The highest BCUT2D eigenvalue weighted by Crippen LogP contribution is 2.17. The topological polar surface area (TPSA) is 40.6 Å². The Bertz CT molecular complexity index is 603. The van der Waals surface area contributed by atoms with Gasteiger partial charge in [-0.25, -0.2) is 8.78 Å². The summed E-state index contributed by atoms with van der Waals surface area (Å²) in [6.07, 6.45) is 0. The molecule has 0 bridgehead atoms. The van der Waals surface area contributed by atoms with Crippen molar-refractivity contribution < 1.29 is 18.4 Å². The molecule has 0 atom stereocenters. The number of carbonyl (C=O) groups excluding carboxylic acids is 2. The van der Waals surface area contributed by atoms with E-state index in [-0.39, 0.29) is 22.7 Å². The van der Waals surface area contributed by atoms with Gasteiger partial charge in [-0.2, -0.15) is 0 Å². The molecule has 23 heavy (non-hydrogen) atoms. The number of hydrogen-bond donors (Lipinski definition) is 0. The van der Waals surface area contributed by atoms with Crippen molar-refractivity contribution in [3.05, 3.63) is 35.4 Å². The fraction of sp³-hybridized carbons (Fsp3) is 0.529. The summed E-state index contributed by atoms with van der Waals surface area (Å²) in [5.74, 6) is -2.14. The Morgan fingerprint density at radius 2 is 1.65 bits per heavy atom. The molecule has 1 aliphatic heterocycles. The van der Waals surface area contributed by atoms with E-state index in [4.69, 9.17) is 0 Å². The van der Waals surface area contributed by atoms with Crippen LogP contribution in [0, 0.1) is 17.0 Å². The highest BCUT2D eigenvalue weighted by atomic mass is 19.2. The molecule has 0 saturated carbocycles. The van der Waals surface area contributed by atoms with Gasteiger partial charge in [-0.15, -0.1) is 0 Å². The quantitative estimate of drug-likeness (QED) is 0.857. The summed E-state index contributed by atoms with van der Waals surface area (Å²) >= 11 is 0. The maximum atomic E-state index is 13.2. The van der Waals surface area contributed by atoms with Crippen LogP contribution in [0.25, 0.3) is 0 Å². The van der Waals surface area contributed by atoms with Gasteiger partial charge in [0.25, 0.3) is 5.91 Å². The van der Waals surface area contributed by atoms with Crippen molar-refractivity contribution in [2.75, 3.05) is 32.7 Å². The van der Waals surface area contributed by atoms with Crippen LogP contribution in [0.2, 0.25) is 0 Å². The van der Waals surface area contributed by atoms with Crippen molar-refractivity contribution in [1.82, 2.24) is 9.80 Å². The Morgan fingerprint density at radius 3 is 2.17 bits per heavy atom. The number of hydrogen-bond acceptors (Lipinski definition) is 3. The van der Waals surface area contributed by atoms with Crippen molar-refractivity contribution >= 4 is 11.7 Å². The summed E-state index contributed by atoms with van der Waals surface area (Å²) in [7, 11) is 0. The van der Waals surface area contributed by atoms with Crippen molar-refractivity contribution in [2.24, 2.45) is 5.41 Å². The van der Waals surface area contributed by atoms with Gasteiger partial charge in [0.1, 0.15) is 0 Å². The first-order valence-electron chi connectivity index (χ1n) is 7.68. The van der Waals surface area contributed by atoms with Gasteiger partial charge in [-0.1, -0.05) is 20.8 Å². The number of piperazine rings is 1. The average Bonchev–Trinajstić information content (AvgIpc) is 2.49. The van der Waals surface area contributed by atoms with Crippen LogP contribution in [-0.4, -0.2) is 54.2 Å². The van der Waals surface area contributed by atoms with E-state index < -0.39 is 11.6 Å². The SMILES string of the molecule is CC(C)(C)C(=O)CN1CCN(C(=O)c2ccc(F)c(F)c2)CC1. The number of nitrogens with zero attached hydrogens (tertiary/aromatic N) is 2. The van der Waals surface area contributed by atoms with Gasteiger partial charge in [0, 0.05) is 37.2 Å². The van der Waals surface area contributed by atoms with E-state index in [1.807, 2.05) is 25.7 Å². The Balaban J connectivity index is 1.92. The van der Waals surface area contributed by atoms with Crippen LogP contribution in [0.4, 0.5) is 8.78 Å². The normalized spacial score (nSPS) is 16.5. The monoisotopic (exact) mass is 324 g/mol. The summed E-state index contributed by atoms with van der Waals surface area (Å²) < 4.78 is 26.2. The second kappa shape index (κ2) is 6.74. The number of ketones is 1. The molecule has 126 valence electrons. The van der Waals surface area contributed by atoms with Gasteiger partial charge in [-0.3, -0.25) is 14.5 Å². The van der Waals surface area contributed by atoms with Gasteiger partial charge in [0.2, 0.25) is 0 Å². The Hall–Kier alpha value is -1.82. The predicted octanol–water partition coefficient (Wildman–Crippen LogP) is 2.34. The second-order valence-corrected chi connectivity index (χ2v) is 6.87. The minimum atomic E-state index is -1.02. The summed E-state index contributed by atoms with van der Waals surface area (Å²) in [6.45, 7) is 8.16. The molecule has 2 rings (SSSR count). The molecule has 0 aliphatic carbocycles. The first kappa shape index (κ1) is 17.5. The van der Waals surface area contributed by atoms with Gasteiger partial charge >= 0.3 is 0 Å². The highest BCUT2D eigenvalue weighted by Gasteiger charge is 2.27. The molecule has 1 heterocycles. The standard InChI is InChI=1S/C17H22F2N2O2/c1-17(2,3)15(22)11-20-6-8-21(9-7-20)16(23)12-4-5-13(18)14(19)10-12/h4-5,10H,6-9,11H2,1-3H3. The largest absolute Gasteiger partial charge is 0.336 e. The molecule has 1 amide bonds. The third kappa shape index (κ3) is 4.34. The number of amides is 1. The van der Waals surface area contributed by atoms with E-state index in [0.717, 1.165) is 12.1 Å². The molecule has 1 aromatic rings. The molecular formula is C17H22F2N2O2. The van der Waals surface area contributed by atoms with Crippen molar-refractivity contribution in [3.63, 3.8) is 0 Å². The molecule has 1 aromatic carbocycles. The van der Waals surface area contributed by atoms with Crippen LogP contribution in [0.1, 0.15) is 31.1 Å². The van der Waals surface area contributed by atoms with Crippen molar-refractivity contribution in [1.29, 1.82) is 0 Å². The van der Waals surface area contributed by atoms with Crippen LogP contribution < -0.4 is 0 Å². The zero-order valence-corrected chi connectivity index (χ0v) is 13.7. The predicted molar refractivity (Wildman–Crippen MR) is 83.2 cm³/mol. The minimum Gasteiger partial charge on any atom is -0.336 e. The van der Waals surface area contributed by atoms with Gasteiger partial charge in [-0.05, 0) is 18.2 Å². The van der Waals surface area contributed by atoms with E-state index in [9.17, 15) is 18.4 Å². The zero-order valence-electron chi connectivity index (χ0n) is 13.7. The first-order valence-corrected chi connectivity index (χ1v) is 7.68. The summed E-state index contributed by atoms with van der Waals surface area (Å²) in [5.41, 5.74) is -0.235. The molecule has 4 nitrogen and oxygen atoms in total. The Labute approximate surface area is 135 Å². The number of benzene rings is 1. The maximum Gasteiger partial charge on any atom is 0.254 e. The lowest BCUT2D eigenvalue weighted by Gasteiger charge is -2.35. The van der Waals surface area contributed by atoms with Gasteiger partial charge in [0.15, 0.2) is 17.4 Å². The molecular weight excluding hydrogens is 302 g/mol. The first-order chi connectivity index (χ1) is 10.7. The van der Waals surface area contributed by atoms with Crippen LogP contribution in [0.5, 0.6) is 0 Å². The van der Waals surface area contributed by atoms with Gasteiger partial charge < -0.3 is 4.90 Å². The van der Waals surface area contributed by atoms with E-state index >= 15 is 0 Å². The molecule has 6 heteroatoms. The molecule has 0 N–H and O–H groups in total. The van der Waals surface area contributed by atoms with Gasteiger partial charge in [0.05, 0.1) is 6.54 Å². The van der Waals surface area contributed by atoms with Crippen molar-refractivity contribution in [2.45, 2.75) is 20.8 Å². The summed E-state index contributed by atoms with van der Waals surface area (Å²) in [5, 5.41) is 0. The average molecular weight is 324 g/mol. The molecule has 0 radical (unpaired) electrons.